The number of rotatable bonds is 1. The number of H-pyrrole nitrogens is 1. The van der Waals surface area contributed by atoms with Gasteiger partial charge in [-0.15, -0.1) is 0 Å². The molecule has 7 heteroatoms. The quantitative estimate of drug-likeness (QED) is 0.578. The van der Waals surface area contributed by atoms with Crippen LogP contribution < -0.4 is 11.2 Å². The van der Waals surface area contributed by atoms with Crippen LogP contribution >= 0.6 is 0 Å². The lowest BCUT2D eigenvalue weighted by molar-refractivity contribution is 0.831. The Balaban J connectivity index is 2.16. The highest BCUT2D eigenvalue weighted by molar-refractivity contribution is 5.76. The summed E-state index contributed by atoms with van der Waals surface area (Å²) >= 11 is 0. The Bertz CT molecular complexity index is 1240. The minimum Gasteiger partial charge on any atom is -0.283 e. The molecule has 122 valence electrons. The van der Waals surface area contributed by atoms with E-state index < -0.39 is 11.2 Å². The Morgan fingerprint density at radius 2 is 1.83 bits per heavy atom. The van der Waals surface area contributed by atoms with Crippen LogP contribution in [0.15, 0.2) is 34.0 Å². The van der Waals surface area contributed by atoms with Gasteiger partial charge < -0.3 is 0 Å². The maximum absolute atomic E-state index is 12.2. The number of fused-ring (bicyclic) bond motifs is 3. The Morgan fingerprint density at radius 1 is 1.08 bits per heavy atom. The van der Waals surface area contributed by atoms with Gasteiger partial charge in [-0.1, -0.05) is 6.07 Å². The smallest absolute Gasteiger partial charge is 0.283 e. The topological polar surface area (TPSA) is 77.1 Å². The van der Waals surface area contributed by atoms with Crippen LogP contribution in [0.3, 0.4) is 0 Å². The molecule has 0 spiro atoms. The lowest BCUT2D eigenvalue weighted by atomic mass is 10.1. The molecule has 4 rings (SSSR count). The van der Waals surface area contributed by atoms with Crippen molar-refractivity contribution in [2.75, 3.05) is 0 Å². The number of hydrogen-bond donors (Lipinski definition) is 1. The zero-order valence-corrected chi connectivity index (χ0v) is 13.9. The molecule has 0 amide bonds. The van der Waals surface area contributed by atoms with Crippen LogP contribution in [0.25, 0.3) is 22.6 Å². The number of benzene rings is 1. The van der Waals surface area contributed by atoms with E-state index in [0.29, 0.717) is 16.9 Å². The fraction of sp³-hybridized carbons (Fsp3) is 0.235. The summed E-state index contributed by atoms with van der Waals surface area (Å²) in [5, 5.41) is 0. The lowest BCUT2D eigenvalue weighted by Crippen LogP contribution is -2.28. The van der Waals surface area contributed by atoms with E-state index in [1.165, 1.54) is 15.7 Å². The third-order valence-corrected chi connectivity index (χ3v) is 4.55. The zero-order valence-electron chi connectivity index (χ0n) is 13.9. The number of imidazole rings is 2. The van der Waals surface area contributed by atoms with Crippen molar-refractivity contribution in [2.45, 2.75) is 20.8 Å². The molecular formula is C17H17N5O2. The highest BCUT2D eigenvalue weighted by atomic mass is 16.2. The van der Waals surface area contributed by atoms with Gasteiger partial charge in [0.1, 0.15) is 0 Å². The average molecular weight is 323 g/mol. The van der Waals surface area contributed by atoms with Crippen LogP contribution in [0, 0.1) is 20.8 Å². The highest BCUT2D eigenvalue weighted by Gasteiger charge is 2.18. The first kappa shape index (κ1) is 14.5. The van der Waals surface area contributed by atoms with Gasteiger partial charge in [0.15, 0.2) is 11.2 Å². The number of nitrogens with one attached hydrogen (secondary N) is 1. The van der Waals surface area contributed by atoms with Crippen molar-refractivity contribution in [2.24, 2.45) is 7.05 Å². The van der Waals surface area contributed by atoms with E-state index in [1.807, 2.05) is 23.8 Å². The molecule has 24 heavy (non-hydrogen) atoms. The van der Waals surface area contributed by atoms with Gasteiger partial charge in [0, 0.05) is 24.6 Å². The molecule has 0 bridgehead atoms. The van der Waals surface area contributed by atoms with Crippen LogP contribution in [0.1, 0.15) is 16.8 Å². The van der Waals surface area contributed by atoms with Gasteiger partial charge in [-0.3, -0.25) is 23.3 Å². The van der Waals surface area contributed by atoms with Crippen LogP contribution in [-0.2, 0) is 7.05 Å². The van der Waals surface area contributed by atoms with E-state index in [-0.39, 0.29) is 0 Å². The average Bonchev–Trinajstić information content (AvgIpc) is 3.03. The summed E-state index contributed by atoms with van der Waals surface area (Å²) in [7, 11) is 1.60. The van der Waals surface area contributed by atoms with E-state index in [4.69, 9.17) is 0 Å². The molecule has 1 aromatic carbocycles. The highest BCUT2D eigenvalue weighted by Crippen LogP contribution is 2.22. The first-order valence-corrected chi connectivity index (χ1v) is 7.65. The van der Waals surface area contributed by atoms with Crippen LogP contribution in [-0.4, -0.2) is 23.5 Å². The molecule has 0 atom stereocenters. The molecular weight excluding hydrogens is 306 g/mol. The summed E-state index contributed by atoms with van der Waals surface area (Å²) in [6.45, 7) is 6.09. The maximum Gasteiger partial charge on any atom is 0.329 e. The van der Waals surface area contributed by atoms with Crippen molar-refractivity contribution in [3.63, 3.8) is 0 Å². The monoisotopic (exact) mass is 323 g/mol. The molecule has 0 unspecified atom stereocenters. The van der Waals surface area contributed by atoms with Crippen molar-refractivity contribution < 1.29 is 0 Å². The second-order valence-electron chi connectivity index (χ2n) is 6.15. The molecule has 0 saturated heterocycles. The van der Waals surface area contributed by atoms with Crippen molar-refractivity contribution >= 4 is 16.9 Å². The van der Waals surface area contributed by atoms with Crippen LogP contribution in [0.2, 0.25) is 0 Å². The molecule has 0 saturated carbocycles. The standard InChI is InChI=1S/C17H17N5O2/c1-9-5-6-12(7-10(9)2)22-11(3)8-21-13-14(18-16(21)22)20(4)17(24)19-15(13)23/h5-8H,1-4H3,(H,19,23,24). The Morgan fingerprint density at radius 3 is 2.54 bits per heavy atom. The molecule has 4 aromatic rings. The van der Waals surface area contributed by atoms with Gasteiger partial charge in [-0.2, -0.15) is 4.98 Å². The Hall–Kier alpha value is -3.09. The molecule has 1 N–H and O–H groups in total. The first-order valence-electron chi connectivity index (χ1n) is 7.65. The van der Waals surface area contributed by atoms with E-state index in [1.54, 1.807) is 11.4 Å². The maximum atomic E-state index is 12.2. The summed E-state index contributed by atoms with van der Waals surface area (Å²) in [5.41, 5.74) is 4.17. The van der Waals surface area contributed by atoms with Gasteiger partial charge >= 0.3 is 5.69 Å². The molecule has 0 radical (unpaired) electrons. The Kier molecular flexibility index (Phi) is 2.84. The molecule has 0 fully saturated rings. The van der Waals surface area contributed by atoms with E-state index in [9.17, 15) is 9.59 Å². The van der Waals surface area contributed by atoms with Crippen molar-refractivity contribution in [3.05, 3.63) is 62.1 Å². The van der Waals surface area contributed by atoms with E-state index >= 15 is 0 Å². The molecule has 0 aliphatic carbocycles. The summed E-state index contributed by atoms with van der Waals surface area (Å²) in [5.74, 6) is 0.609. The fourth-order valence-electron chi connectivity index (χ4n) is 3.06. The minimum atomic E-state index is -0.470. The Labute approximate surface area is 136 Å². The normalized spacial score (nSPS) is 11.7. The number of aromatic nitrogens is 5. The summed E-state index contributed by atoms with van der Waals surface area (Å²) < 4.78 is 5.07. The minimum absolute atomic E-state index is 0.372. The van der Waals surface area contributed by atoms with E-state index in [2.05, 4.69) is 35.9 Å². The van der Waals surface area contributed by atoms with Gasteiger partial charge in [-0.05, 0) is 44.0 Å². The summed E-state index contributed by atoms with van der Waals surface area (Å²) in [6, 6.07) is 6.18. The number of aryl methyl sites for hydroxylation is 4. The second-order valence-corrected chi connectivity index (χ2v) is 6.15. The molecule has 7 nitrogen and oxygen atoms in total. The number of nitrogens with zero attached hydrogens (tertiary/aromatic N) is 4. The van der Waals surface area contributed by atoms with Gasteiger partial charge in [-0.25, -0.2) is 4.79 Å². The lowest BCUT2D eigenvalue weighted by Gasteiger charge is -2.08. The SMILES string of the molecule is Cc1ccc(-n2c(C)cn3c4c(=O)[nH]c(=O)n(C)c4nc23)cc1C. The predicted octanol–water partition coefficient (Wildman–Crippen LogP) is 1.59. The van der Waals surface area contributed by atoms with Crippen LogP contribution in [0.4, 0.5) is 0 Å². The first-order chi connectivity index (χ1) is 11.4. The molecule has 3 aromatic heterocycles. The third-order valence-electron chi connectivity index (χ3n) is 4.55. The molecule has 0 aliphatic rings. The van der Waals surface area contributed by atoms with Gasteiger partial charge in [0.2, 0.25) is 5.78 Å². The van der Waals surface area contributed by atoms with E-state index in [0.717, 1.165) is 11.4 Å². The largest absolute Gasteiger partial charge is 0.329 e. The summed E-state index contributed by atoms with van der Waals surface area (Å²) in [4.78, 5) is 30.9. The predicted molar refractivity (Wildman–Crippen MR) is 92.1 cm³/mol. The molecule has 3 heterocycles. The fourth-order valence-corrected chi connectivity index (χ4v) is 3.06. The number of aromatic amines is 1. The van der Waals surface area contributed by atoms with Gasteiger partial charge in [0.25, 0.3) is 5.56 Å². The van der Waals surface area contributed by atoms with Gasteiger partial charge in [0.05, 0.1) is 0 Å². The molecule has 0 aliphatic heterocycles. The third kappa shape index (κ3) is 1.81. The number of hydrogen-bond acceptors (Lipinski definition) is 3. The second kappa shape index (κ2) is 4.70. The van der Waals surface area contributed by atoms with Crippen molar-refractivity contribution in [1.29, 1.82) is 0 Å². The van der Waals surface area contributed by atoms with Crippen molar-refractivity contribution in [3.8, 4) is 5.69 Å². The summed E-state index contributed by atoms with van der Waals surface area (Å²) in [6.07, 6.45) is 1.86. The van der Waals surface area contributed by atoms with Crippen molar-refractivity contribution in [1.82, 2.24) is 23.5 Å². The zero-order chi connectivity index (χ0) is 17.2. The van der Waals surface area contributed by atoms with Crippen LogP contribution in [0.5, 0.6) is 0 Å².